The van der Waals surface area contributed by atoms with Crippen molar-refractivity contribution in [2.75, 3.05) is 5.32 Å². The van der Waals surface area contributed by atoms with Crippen LogP contribution in [0.3, 0.4) is 0 Å². The van der Waals surface area contributed by atoms with Crippen LogP contribution in [0.4, 0.5) is 5.69 Å². The molecule has 0 unspecified atom stereocenters. The monoisotopic (exact) mass is 433 g/mol. The first kappa shape index (κ1) is 20.0. The molecule has 4 aromatic rings. The highest BCUT2D eigenvalue weighted by molar-refractivity contribution is 5.91. The molecule has 3 heterocycles. The van der Waals surface area contributed by atoms with E-state index in [-0.39, 0.29) is 23.6 Å². The quantitative estimate of drug-likeness (QED) is 0.512. The van der Waals surface area contributed by atoms with E-state index < -0.39 is 11.2 Å². The van der Waals surface area contributed by atoms with Gasteiger partial charge >= 0.3 is 5.69 Å². The van der Waals surface area contributed by atoms with Gasteiger partial charge in [-0.25, -0.2) is 14.5 Å². The molecule has 3 aromatic heterocycles. The van der Waals surface area contributed by atoms with E-state index in [1.165, 1.54) is 41.0 Å². The molecule has 10 nitrogen and oxygen atoms in total. The molecule has 1 aliphatic carbocycles. The van der Waals surface area contributed by atoms with Gasteiger partial charge in [0.05, 0.1) is 17.7 Å². The van der Waals surface area contributed by atoms with Gasteiger partial charge in [-0.05, 0) is 50.1 Å². The number of carbonyl (C=O) groups excluding carboxylic acids is 1. The molecule has 1 amide bonds. The Labute approximate surface area is 182 Å². The fourth-order valence-corrected chi connectivity index (χ4v) is 3.95. The predicted octanol–water partition coefficient (Wildman–Crippen LogP) is 1.44. The minimum Gasteiger partial charge on any atom is -0.325 e. The SMILES string of the molecule is Cc1cc(C2CC2)n(-c2ccc(NC(=O)Cn3cnc4c3c(=O)n(C)c(=O)n4C)cc2)n1. The molecule has 1 aromatic carbocycles. The number of nitrogens with zero attached hydrogens (tertiary/aromatic N) is 6. The van der Waals surface area contributed by atoms with Crippen LogP contribution in [-0.2, 0) is 25.4 Å². The summed E-state index contributed by atoms with van der Waals surface area (Å²) in [7, 11) is 2.94. The summed E-state index contributed by atoms with van der Waals surface area (Å²) in [6.45, 7) is 1.89. The van der Waals surface area contributed by atoms with Crippen molar-refractivity contribution >= 4 is 22.8 Å². The summed E-state index contributed by atoms with van der Waals surface area (Å²) < 4.78 is 5.71. The third-order valence-electron chi connectivity index (χ3n) is 5.78. The largest absolute Gasteiger partial charge is 0.332 e. The summed E-state index contributed by atoms with van der Waals surface area (Å²) in [6.07, 6.45) is 3.78. The maximum absolute atomic E-state index is 12.6. The second-order valence-electron chi connectivity index (χ2n) is 8.24. The average Bonchev–Trinajstić information content (AvgIpc) is 3.42. The molecule has 164 valence electrons. The van der Waals surface area contributed by atoms with Gasteiger partial charge < -0.3 is 9.88 Å². The van der Waals surface area contributed by atoms with Crippen LogP contribution in [0.25, 0.3) is 16.9 Å². The van der Waals surface area contributed by atoms with E-state index >= 15 is 0 Å². The molecular weight excluding hydrogens is 410 g/mol. The standard InChI is InChI=1S/C22H23N7O3/c1-13-10-17(14-4-5-14)29(25-13)16-8-6-15(7-9-16)24-18(30)11-28-12-23-20-19(28)21(31)27(3)22(32)26(20)2/h6-10,12,14H,4-5,11H2,1-3H3,(H,24,30). The van der Waals surface area contributed by atoms with Crippen molar-refractivity contribution in [3.05, 3.63) is 68.9 Å². The molecule has 0 atom stereocenters. The molecule has 1 saturated carbocycles. The lowest BCUT2D eigenvalue weighted by Gasteiger charge is -2.10. The maximum Gasteiger partial charge on any atom is 0.332 e. The first-order valence-electron chi connectivity index (χ1n) is 10.4. The van der Waals surface area contributed by atoms with E-state index in [9.17, 15) is 14.4 Å². The average molecular weight is 433 g/mol. The molecule has 0 radical (unpaired) electrons. The van der Waals surface area contributed by atoms with Crippen molar-refractivity contribution in [3.63, 3.8) is 0 Å². The van der Waals surface area contributed by atoms with Crippen LogP contribution in [0, 0.1) is 6.92 Å². The minimum absolute atomic E-state index is 0.101. The number of carbonyl (C=O) groups is 1. The molecule has 1 fully saturated rings. The first-order chi connectivity index (χ1) is 15.3. The number of fused-ring (bicyclic) bond motifs is 1. The van der Waals surface area contributed by atoms with Crippen LogP contribution in [0.1, 0.15) is 30.1 Å². The van der Waals surface area contributed by atoms with Gasteiger partial charge in [-0.3, -0.25) is 18.7 Å². The smallest absolute Gasteiger partial charge is 0.325 e. The molecule has 1 N–H and O–H groups in total. The van der Waals surface area contributed by atoms with Crippen molar-refractivity contribution < 1.29 is 4.79 Å². The van der Waals surface area contributed by atoms with Crippen LogP contribution < -0.4 is 16.6 Å². The zero-order chi connectivity index (χ0) is 22.6. The van der Waals surface area contributed by atoms with Crippen molar-refractivity contribution in [1.82, 2.24) is 28.5 Å². The van der Waals surface area contributed by atoms with Crippen molar-refractivity contribution in [2.45, 2.75) is 32.2 Å². The Morgan fingerprint density at radius 2 is 1.84 bits per heavy atom. The lowest BCUT2D eigenvalue weighted by Crippen LogP contribution is -2.37. The Kier molecular flexibility index (Phi) is 4.58. The number of rotatable bonds is 5. The maximum atomic E-state index is 12.6. The van der Waals surface area contributed by atoms with E-state index in [2.05, 4.69) is 21.5 Å². The number of aryl methyl sites for hydroxylation is 2. The minimum atomic E-state index is -0.487. The summed E-state index contributed by atoms with van der Waals surface area (Å²) >= 11 is 0. The molecular formula is C22H23N7O3. The molecule has 10 heteroatoms. The lowest BCUT2D eigenvalue weighted by molar-refractivity contribution is -0.116. The van der Waals surface area contributed by atoms with Crippen LogP contribution in [-0.4, -0.2) is 34.4 Å². The van der Waals surface area contributed by atoms with Gasteiger partial charge in [0.15, 0.2) is 11.2 Å². The molecule has 0 spiro atoms. The zero-order valence-electron chi connectivity index (χ0n) is 18.1. The number of anilines is 1. The Bertz CT molecular complexity index is 1470. The van der Waals surface area contributed by atoms with E-state index in [4.69, 9.17) is 0 Å². The zero-order valence-corrected chi connectivity index (χ0v) is 18.1. The number of benzene rings is 1. The Morgan fingerprint density at radius 3 is 2.53 bits per heavy atom. The van der Waals surface area contributed by atoms with Gasteiger partial charge in [-0.1, -0.05) is 0 Å². The first-order valence-corrected chi connectivity index (χ1v) is 10.4. The summed E-state index contributed by atoms with van der Waals surface area (Å²) in [5.41, 5.74) is 3.30. The molecule has 5 rings (SSSR count). The highest BCUT2D eigenvalue weighted by Crippen LogP contribution is 2.41. The normalized spacial score (nSPS) is 13.6. The number of imidazole rings is 1. The summed E-state index contributed by atoms with van der Waals surface area (Å²) in [4.78, 5) is 41.4. The second-order valence-corrected chi connectivity index (χ2v) is 8.24. The van der Waals surface area contributed by atoms with E-state index in [0.717, 1.165) is 15.9 Å². The third kappa shape index (κ3) is 3.33. The van der Waals surface area contributed by atoms with Crippen molar-refractivity contribution in [1.29, 1.82) is 0 Å². The summed E-state index contributed by atoms with van der Waals surface area (Å²) in [6, 6.07) is 9.63. The lowest BCUT2D eigenvalue weighted by atomic mass is 10.2. The number of amides is 1. The predicted molar refractivity (Wildman–Crippen MR) is 119 cm³/mol. The highest BCUT2D eigenvalue weighted by atomic mass is 16.2. The topological polar surface area (TPSA) is 109 Å². The number of hydrogen-bond acceptors (Lipinski definition) is 5. The van der Waals surface area contributed by atoms with E-state index in [0.29, 0.717) is 11.6 Å². The molecule has 0 aliphatic heterocycles. The van der Waals surface area contributed by atoms with Gasteiger partial charge in [0.25, 0.3) is 5.56 Å². The van der Waals surface area contributed by atoms with Crippen molar-refractivity contribution in [2.24, 2.45) is 14.1 Å². The third-order valence-corrected chi connectivity index (χ3v) is 5.78. The van der Waals surface area contributed by atoms with Crippen LogP contribution in [0.15, 0.2) is 46.2 Å². The van der Waals surface area contributed by atoms with E-state index in [1.807, 2.05) is 35.9 Å². The number of hydrogen-bond donors (Lipinski definition) is 1. The molecule has 1 aliphatic rings. The van der Waals surface area contributed by atoms with Gasteiger partial charge in [0.1, 0.15) is 6.54 Å². The van der Waals surface area contributed by atoms with Crippen LogP contribution >= 0.6 is 0 Å². The Hall–Kier alpha value is -3.95. The highest BCUT2D eigenvalue weighted by Gasteiger charge is 2.28. The molecule has 0 saturated heterocycles. The van der Waals surface area contributed by atoms with Crippen LogP contribution in [0.5, 0.6) is 0 Å². The number of aromatic nitrogens is 6. The number of nitrogens with one attached hydrogen (secondary N) is 1. The fraction of sp³-hybridized carbons (Fsp3) is 0.318. The van der Waals surface area contributed by atoms with Gasteiger partial charge in [-0.15, -0.1) is 0 Å². The van der Waals surface area contributed by atoms with Gasteiger partial charge in [0, 0.05) is 31.4 Å². The fourth-order valence-electron chi connectivity index (χ4n) is 3.95. The van der Waals surface area contributed by atoms with E-state index in [1.54, 1.807) is 7.05 Å². The molecule has 0 bridgehead atoms. The van der Waals surface area contributed by atoms with Gasteiger partial charge in [0.2, 0.25) is 5.91 Å². The Balaban J connectivity index is 1.35. The van der Waals surface area contributed by atoms with Crippen molar-refractivity contribution in [3.8, 4) is 5.69 Å². The Morgan fingerprint density at radius 1 is 1.12 bits per heavy atom. The van der Waals surface area contributed by atoms with Gasteiger partial charge in [-0.2, -0.15) is 5.10 Å². The summed E-state index contributed by atoms with van der Waals surface area (Å²) in [5.74, 6) is 0.273. The van der Waals surface area contributed by atoms with Crippen LogP contribution in [0.2, 0.25) is 0 Å². The second kappa shape index (κ2) is 7.33. The summed E-state index contributed by atoms with van der Waals surface area (Å²) in [5, 5.41) is 7.45. The molecule has 32 heavy (non-hydrogen) atoms.